The van der Waals surface area contributed by atoms with Crippen molar-refractivity contribution in [2.24, 2.45) is 0 Å². The Morgan fingerprint density at radius 1 is 1.13 bits per heavy atom. The summed E-state index contributed by atoms with van der Waals surface area (Å²) in [5.41, 5.74) is 0.943. The molecular weight excluding hydrogens is 382 g/mol. The lowest BCUT2D eigenvalue weighted by Crippen LogP contribution is -2.49. The average molecular weight is 407 g/mol. The van der Waals surface area contributed by atoms with E-state index >= 15 is 0 Å². The fourth-order valence-electron chi connectivity index (χ4n) is 3.69. The van der Waals surface area contributed by atoms with Gasteiger partial charge in [-0.2, -0.15) is 0 Å². The van der Waals surface area contributed by atoms with Crippen molar-refractivity contribution in [3.8, 4) is 5.75 Å². The lowest BCUT2D eigenvalue weighted by Gasteiger charge is -2.35. The number of carbonyl (C=O) groups excluding carboxylic acids is 1. The van der Waals surface area contributed by atoms with Gasteiger partial charge in [0.1, 0.15) is 22.7 Å². The summed E-state index contributed by atoms with van der Waals surface area (Å²) in [6.07, 6.45) is 1.79. The Hall–Kier alpha value is -3.35. The highest BCUT2D eigenvalue weighted by molar-refractivity contribution is 5.97. The van der Waals surface area contributed by atoms with Gasteiger partial charge in [-0.25, -0.2) is 9.78 Å². The van der Waals surface area contributed by atoms with Gasteiger partial charge in [0.25, 0.3) is 5.91 Å². The zero-order valence-electron chi connectivity index (χ0n) is 17.4. The number of fused-ring (bicyclic) bond motifs is 1. The summed E-state index contributed by atoms with van der Waals surface area (Å²) >= 11 is 0. The van der Waals surface area contributed by atoms with Crippen LogP contribution in [-0.4, -0.2) is 48.1 Å². The van der Waals surface area contributed by atoms with Crippen LogP contribution in [0.3, 0.4) is 0 Å². The summed E-state index contributed by atoms with van der Waals surface area (Å²) in [4.78, 5) is 33.8. The number of ether oxygens (including phenoxy) is 1. The molecule has 7 heteroatoms. The Bertz CT molecular complexity index is 1130. The molecule has 4 rings (SSSR count). The molecule has 0 spiro atoms. The number of hydrogen-bond donors (Lipinski definition) is 0. The highest BCUT2D eigenvalue weighted by Gasteiger charge is 2.26. The first kappa shape index (κ1) is 19.9. The van der Waals surface area contributed by atoms with E-state index in [1.54, 1.807) is 29.3 Å². The van der Waals surface area contributed by atoms with E-state index in [4.69, 9.17) is 9.15 Å². The minimum absolute atomic E-state index is 0.0172. The van der Waals surface area contributed by atoms with E-state index in [1.807, 2.05) is 39.0 Å². The maximum atomic E-state index is 13.0. The summed E-state index contributed by atoms with van der Waals surface area (Å²) < 4.78 is 11.1. The van der Waals surface area contributed by atoms with Crippen molar-refractivity contribution in [2.45, 2.75) is 26.9 Å². The van der Waals surface area contributed by atoms with Gasteiger partial charge in [0.05, 0.1) is 6.10 Å². The van der Waals surface area contributed by atoms with Gasteiger partial charge in [0.15, 0.2) is 0 Å². The predicted octanol–water partition coefficient (Wildman–Crippen LogP) is 3.25. The zero-order valence-corrected chi connectivity index (χ0v) is 17.4. The Labute approximate surface area is 174 Å². The molecule has 3 aromatic rings. The van der Waals surface area contributed by atoms with E-state index < -0.39 is 5.63 Å². The van der Waals surface area contributed by atoms with Gasteiger partial charge in [-0.1, -0.05) is 6.07 Å². The molecule has 1 aliphatic rings. The van der Waals surface area contributed by atoms with Crippen LogP contribution in [0.1, 0.15) is 29.8 Å². The molecule has 0 bridgehead atoms. The highest BCUT2D eigenvalue weighted by atomic mass is 16.5. The van der Waals surface area contributed by atoms with Crippen molar-refractivity contribution >= 4 is 22.7 Å². The number of nitrogens with zero attached hydrogens (tertiary/aromatic N) is 3. The van der Waals surface area contributed by atoms with Gasteiger partial charge in [-0.15, -0.1) is 0 Å². The molecule has 0 unspecified atom stereocenters. The highest BCUT2D eigenvalue weighted by Crippen LogP contribution is 2.23. The molecule has 1 amide bonds. The predicted molar refractivity (Wildman–Crippen MR) is 115 cm³/mol. The van der Waals surface area contributed by atoms with Crippen molar-refractivity contribution < 1.29 is 13.9 Å². The van der Waals surface area contributed by atoms with Crippen LogP contribution in [0.4, 0.5) is 5.82 Å². The molecule has 3 heterocycles. The Morgan fingerprint density at radius 2 is 1.90 bits per heavy atom. The molecule has 2 aromatic heterocycles. The van der Waals surface area contributed by atoms with Crippen molar-refractivity contribution in [3.63, 3.8) is 0 Å². The Balaban J connectivity index is 1.51. The lowest BCUT2D eigenvalue weighted by atomic mass is 10.1. The standard InChI is InChI=1S/C23H25N3O4/c1-15(2)29-18-7-6-17-13-19(23(28)30-20(17)14-18)22(27)26-11-9-25(10-12-26)21-16(3)5-4-8-24-21/h4-8,13-15H,9-12H2,1-3H3. The van der Waals surface area contributed by atoms with E-state index in [-0.39, 0.29) is 17.6 Å². The normalized spacial score (nSPS) is 14.4. The first-order valence-electron chi connectivity index (χ1n) is 10.1. The van der Waals surface area contributed by atoms with Crippen LogP contribution in [0.2, 0.25) is 0 Å². The molecule has 156 valence electrons. The van der Waals surface area contributed by atoms with E-state index in [0.29, 0.717) is 42.9 Å². The zero-order chi connectivity index (χ0) is 21.3. The third-order valence-corrected chi connectivity index (χ3v) is 5.16. The van der Waals surface area contributed by atoms with Crippen LogP contribution in [0.15, 0.2) is 51.8 Å². The molecule has 1 aliphatic heterocycles. The number of anilines is 1. The molecule has 0 aliphatic carbocycles. The monoisotopic (exact) mass is 407 g/mol. The summed E-state index contributed by atoms with van der Waals surface area (Å²) in [6.45, 7) is 8.25. The quantitative estimate of drug-likeness (QED) is 0.618. The summed E-state index contributed by atoms with van der Waals surface area (Å²) in [7, 11) is 0. The largest absolute Gasteiger partial charge is 0.491 e. The minimum Gasteiger partial charge on any atom is -0.491 e. The maximum absolute atomic E-state index is 13.0. The van der Waals surface area contributed by atoms with Gasteiger partial charge in [0, 0.05) is 43.8 Å². The van der Waals surface area contributed by atoms with Crippen LogP contribution >= 0.6 is 0 Å². The molecule has 1 aromatic carbocycles. The van der Waals surface area contributed by atoms with Crippen molar-refractivity contribution in [3.05, 3.63) is 64.1 Å². The number of carbonyl (C=O) groups is 1. The molecule has 1 fully saturated rings. The van der Waals surface area contributed by atoms with Crippen LogP contribution in [0, 0.1) is 6.92 Å². The van der Waals surface area contributed by atoms with Gasteiger partial charge < -0.3 is 19.0 Å². The van der Waals surface area contributed by atoms with Crippen molar-refractivity contribution in [2.75, 3.05) is 31.1 Å². The minimum atomic E-state index is -0.628. The fourth-order valence-corrected chi connectivity index (χ4v) is 3.69. The van der Waals surface area contributed by atoms with Crippen LogP contribution < -0.4 is 15.3 Å². The van der Waals surface area contributed by atoms with Crippen LogP contribution in [-0.2, 0) is 0 Å². The molecule has 30 heavy (non-hydrogen) atoms. The third kappa shape index (κ3) is 4.01. The summed E-state index contributed by atoms with van der Waals surface area (Å²) in [5.74, 6) is 1.26. The SMILES string of the molecule is Cc1cccnc1N1CCN(C(=O)c2cc3ccc(OC(C)C)cc3oc2=O)CC1. The van der Waals surface area contributed by atoms with Gasteiger partial charge in [-0.05, 0) is 50.6 Å². The molecule has 7 nitrogen and oxygen atoms in total. The second kappa shape index (κ2) is 8.18. The second-order valence-electron chi connectivity index (χ2n) is 7.74. The summed E-state index contributed by atoms with van der Waals surface area (Å²) in [6, 6.07) is 10.8. The van der Waals surface area contributed by atoms with Gasteiger partial charge in [-0.3, -0.25) is 4.79 Å². The lowest BCUT2D eigenvalue weighted by molar-refractivity contribution is 0.0742. The molecule has 0 N–H and O–H groups in total. The van der Waals surface area contributed by atoms with Crippen molar-refractivity contribution in [1.82, 2.24) is 9.88 Å². The molecule has 0 atom stereocenters. The maximum Gasteiger partial charge on any atom is 0.349 e. The number of rotatable bonds is 4. The topological polar surface area (TPSA) is 75.9 Å². The Kier molecular flexibility index (Phi) is 5.44. The van der Waals surface area contributed by atoms with E-state index in [0.717, 1.165) is 11.4 Å². The van der Waals surface area contributed by atoms with Gasteiger partial charge in [0.2, 0.25) is 0 Å². The number of aromatic nitrogens is 1. The molecule has 0 radical (unpaired) electrons. The first-order valence-corrected chi connectivity index (χ1v) is 10.1. The molecule has 0 saturated carbocycles. The molecule has 1 saturated heterocycles. The van der Waals surface area contributed by atoms with E-state index in [2.05, 4.69) is 9.88 Å². The number of piperazine rings is 1. The van der Waals surface area contributed by atoms with E-state index in [1.165, 1.54) is 0 Å². The van der Waals surface area contributed by atoms with Gasteiger partial charge >= 0.3 is 5.63 Å². The number of pyridine rings is 1. The van der Waals surface area contributed by atoms with Crippen LogP contribution in [0.25, 0.3) is 11.0 Å². The van der Waals surface area contributed by atoms with E-state index in [9.17, 15) is 9.59 Å². The first-order chi connectivity index (χ1) is 14.4. The second-order valence-corrected chi connectivity index (χ2v) is 7.74. The summed E-state index contributed by atoms with van der Waals surface area (Å²) in [5, 5.41) is 0.691. The van der Waals surface area contributed by atoms with Crippen LogP contribution in [0.5, 0.6) is 5.75 Å². The Morgan fingerprint density at radius 3 is 2.60 bits per heavy atom. The fraction of sp³-hybridized carbons (Fsp3) is 0.348. The number of benzene rings is 1. The molecular formula is C23H25N3O4. The smallest absolute Gasteiger partial charge is 0.349 e. The number of aryl methyl sites for hydroxylation is 1. The number of amides is 1. The average Bonchev–Trinajstić information content (AvgIpc) is 2.73. The third-order valence-electron chi connectivity index (χ3n) is 5.16. The number of hydrogen-bond acceptors (Lipinski definition) is 6. The van der Waals surface area contributed by atoms with Crippen molar-refractivity contribution in [1.29, 1.82) is 0 Å².